The summed E-state index contributed by atoms with van der Waals surface area (Å²) >= 11 is 0. The molecular formula is C15H21N3O. The Labute approximate surface area is 115 Å². The van der Waals surface area contributed by atoms with Crippen molar-refractivity contribution < 1.29 is 4.74 Å². The van der Waals surface area contributed by atoms with Crippen molar-refractivity contribution in [3.05, 3.63) is 35.4 Å². The Morgan fingerprint density at radius 1 is 1.37 bits per heavy atom. The van der Waals surface area contributed by atoms with Gasteiger partial charge in [-0.15, -0.1) is 0 Å². The third-order valence-electron chi connectivity index (χ3n) is 3.51. The van der Waals surface area contributed by atoms with Crippen LogP contribution in [0.25, 0.3) is 0 Å². The van der Waals surface area contributed by atoms with Crippen molar-refractivity contribution in [1.82, 2.24) is 10.2 Å². The molecule has 1 aromatic carbocycles. The van der Waals surface area contributed by atoms with E-state index in [0.717, 1.165) is 43.7 Å². The average Bonchev–Trinajstić information content (AvgIpc) is 2.71. The van der Waals surface area contributed by atoms with Crippen LogP contribution in [0.15, 0.2) is 24.3 Å². The molecule has 0 aromatic heterocycles. The highest BCUT2D eigenvalue weighted by atomic mass is 16.5. The quantitative estimate of drug-likeness (QED) is 0.894. The first-order valence-corrected chi connectivity index (χ1v) is 6.78. The van der Waals surface area contributed by atoms with E-state index in [4.69, 9.17) is 4.74 Å². The standard InChI is InChI=1S/C15H21N3O/c1-19-12-13-5-2-3-6-14(13)15(11-16)18-9-4-7-17-8-10-18/h2-3,5-6,15,17H,4,7-10,12H2,1H3. The molecule has 4 nitrogen and oxygen atoms in total. The molecule has 0 spiro atoms. The Morgan fingerprint density at radius 2 is 2.21 bits per heavy atom. The number of methoxy groups -OCH3 is 1. The maximum Gasteiger partial charge on any atom is 0.124 e. The maximum atomic E-state index is 9.56. The molecule has 2 rings (SSSR count). The molecule has 1 heterocycles. The van der Waals surface area contributed by atoms with Gasteiger partial charge in [0, 0.05) is 26.7 Å². The lowest BCUT2D eigenvalue weighted by Gasteiger charge is -2.26. The fourth-order valence-corrected chi connectivity index (χ4v) is 2.56. The normalized spacial score (nSPS) is 18.5. The minimum Gasteiger partial charge on any atom is -0.380 e. The van der Waals surface area contributed by atoms with Crippen LogP contribution in [0.2, 0.25) is 0 Å². The van der Waals surface area contributed by atoms with Crippen molar-refractivity contribution >= 4 is 0 Å². The summed E-state index contributed by atoms with van der Waals surface area (Å²) in [6, 6.07) is 10.4. The van der Waals surface area contributed by atoms with Gasteiger partial charge in [-0.3, -0.25) is 4.90 Å². The van der Waals surface area contributed by atoms with E-state index in [0.29, 0.717) is 6.61 Å². The fourth-order valence-electron chi connectivity index (χ4n) is 2.56. The van der Waals surface area contributed by atoms with Gasteiger partial charge in [-0.25, -0.2) is 0 Å². The van der Waals surface area contributed by atoms with Crippen molar-refractivity contribution in [2.24, 2.45) is 0 Å². The molecule has 1 aliphatic heterocycles. The first-order chi connectivity index (χ1) is 9.36. The number of nitrogens with one attached hydrogen (secondary N) is 1. The van der Waals surface area contributed by atoms with Crippen molar-refractivity contribution in [1.29, 1.82) is 5.26 Å². The van der Waals surface area contributed by atoms with Crippen LogP contribution in [0, 0.1) is 11.3 Å². The van der Waals surface area contributed by atoms with E-state index in [1.165, 1.54) is 0 Å². The molecule has 102 valence electrons. The SMILES string of the molecule is COCc1ccccc1C(C#N)N1CCCNCC1. The van der Waals surface area contributed by atoms with Crippen LogP contribution in [-0.2, 0) is 11.3 Å². The molecule has 1 atom stereocenters. The summed E-state index contributed by atoms with van der Waals surface area (Å²) in [5.41, 5.74) is 2.18. The lowest BCUT2D eigenvalue weighted by atomic mass is 10.00. The van der Waals surface area contributed by atoms with Gasteiger partial charge in [0.1, 0.15) is 6.04 Å². The van der Waals surface area contributed by atoms with E-state index >= 15 is 0 Å². The van der Waals surface area contributed by atoms with Gasteiger partial charge in [-0.2, -0.15) is 5.26 Å². The second-order valence-corrected chi connectivity index (χ2v) is 4.80. The molecule has 4 heteroatoms. The van der Waals surface area contributed by atoms with Gasteiger partial charge in [0.15, 0.2) is 0 Å². The van der Waals surface area contributed by atoms with E-state index in [1.807, 2.05) is 24.3 Å². The third kappa shape index (κ3) is 3.54. The van der Waals surface area contributed by atoms with Crippen LogP contribution in [-0.4, -0.2) is 38.2 Å². The molecule has 0 amide bonds. The van der Waals surface area contributed by atoms with Gasteiger partial charge in [0.05, 0.1) is 12.7 Å². The summed E-state index contributed by atoms with van der Waals surface area (Å²) < 4.78 is 5.23. The van der Waals surface area contributed by atoms with Gasteiger partial charge in [0.2, 0.25) is 0 Å². The Kier molecular flexibility index (Phi) is 5.34. The lowest BCUT2D eigenvalue weighted by molar-refractivity contribution is 0.181. The number of benzene rings is 1. The first kappa shape index (κ1) is 14.0. The fraction of sp³-hybridized carbons (Fsp3) is 0.533. The van der Waals surface area contributed by atoms with Gasteiger partial charge < -0.3 is 10.1 Å². The molecule has 1 aromatic rings. The van der Waals surface area contributed by atoms with Gasteiger partial charge in [0.25, 0.3) is 0 Å². The number of nitriles is 1. The van der Waals surface area contributed by atoms with Gasteiger partial charge in [-0.05, 0) is 24.1 Å². The number of ether oxygens (including phenoxy) is 1. The summed E-state index contributed by atoms with van der Waals surface area (Å²) in [6.07, 6.45) is 1.09. The van der Waals surface area contributed by atoms with Crippen LogP contribution in [0.1, 0.15) is 23.6 Å². The summed E-state index contributed by atoms with van der Waals surface area (Å²) in [5.74, 6) is 0. The largest absolute Gasteiger partial charge is 0.380 e. The van der Waals surface area contributed by atoms with Crippen LogP contribution >= 0.6 is 0 Å². The van der Waals surface area contributed by atoms with E-state index in [2.05, 4.69) is 16.3 Å². The summed E-state index contributed by atoms with van der Waals surface area (Å²) in [6.45, 7) is 4.42. The van der Waals surface area contributed by atoms with Crippen molar-refractivity contribution in [3.8, 4) is 6.07 Å². The topological polar surface area (TPSA) is 48.3 Å². The maximum absolute atomic E-state index is 9.56. The molecule has 1 unspecified atom stereocenters. The molecule has 1 fully saturated rings. The molecule has 0 bridgehead atoms. The van der Waals surface area contributed by atoms with Gasteiger partial charge in [-0.1, -0.05) is 24.3 Å². The Balaban J connectivity index is 2.23. The summed E-state index contributed by atoms with van der Waals surface area (Å²) in [5, 5.41) is 12.9. The van der Waals surface area contributed by atoms with Crippen molar-refractivity contribution in [2.75, 3.05) is 33.3 Å². The van der Waals surface area contributed by atoms with Crippen LogP contribution in [0.3, 0.4) is 0 Å². The smallest absolute Gasteiger partial charge is 0.124 e. The molecule has 19 heavy (non-hydrogen) atoms. The zero-order chi connectivity index (χ0) is 13.5. The number of nitrogens with zero attached hydrogens (tertiary/aromatic N) is 2. The minimum absolute atomic E-state index is 0.175. The average molecular weight is 259 g/mol. The van der Waals surface area contributed by atoms with Gasteiger partial charge >= 0.3 is 0 Å². The molecule has 1 aliphatic rings. The Hall–Kier alpha value is -1.41. The van der Waals surface area contributed by atoms with E-state index in [-0.39, 0.29) is 6.04 Å². The van der Waals surface area contributed by atoms with E-state index in [9.17, 15) is 5.26 Å². The molecule has 0 radical (unpaired) electrons. The van der Waals surface area contributed by atoms with Crippen LogP contribution in [0.5, 0.6) is 0 Å². The molecule has 1 saturated heterocycles. The monoisotopic (exact) mass is 259 g/mol. The highest BCUT2D eigenvalue weighted by molar-refractivity contribution is 5.33. The van der Waals surface area contributed by atoms with Crippen molar-refractivity contribution in [3.63, 3.8) is 0 Å². The highest BCUT2D eigenvalue weighted by Crippen LogP contribution is 2.24. The molecular weight excluding hydrogens is 238 g/mol. The predicted molar refractivity (Wildman–Crippen MR) is 74.6 cm³/mol. The van der Waals surface area contributed by atoms with Crippen molar-refractivity contribution in [2.45, 2.75) is 19.1 Å². The zero-order valence-electron chi connectivity index (χ0n) is 11.4. The number of rotatable bonds is 4. The Morgan fingerprint density at radius 3 is 3.00 bits per heavy atom. The number of hydrogen-bond donors (Lipinski definition) is 1. The second-order valence-electron chi connectivity index (χ2n) is 4.80. The molecule has 1 N–H and O–H groups in total. The summed E-state index contributed by atoms with van der Waals surface area (Å²) in [4.78, 5) is 2.26. The second kappa shape index (κ2) is 7.25. The predicted octanol–water partition coefficient (Wildman–Crippen LogP) is 1.69. The minimum atomic E-state index is -0.175. The molecule has 0 aliphatic carbocycles. The zero-order valence-corrected chi connectivity index (χ0v) is 11.4. The molecule has 0 saturated carbocycles. The van der Waals surface area contributed by atoms with Crippen LogP contribution < -0.4 is 5.32 Å². The van der Waals surface area contributed by atoms with Crippen LogP contribution in [0.4, 0.5) is 0 Å². The number of hydrogen-bond acceptors (Lipinski definition) is 4. The van der Waals surface area contributed by atoms with E-state index < -0.39 is 0 Å². The first-order valence-electron chi connectivity index (χ1n) is 6.78. The highest BCUT2D eigenvalue weighted by Gasteiger charge is 2.22. The summed E-state index contributed by atoms with van der Waals surface area (Å²) in [7, 11) is 1.69. The van der Waals surface area contributed by atoms with E-state index in [1.54, 1.807) is 7.11 Å². The Bertz CT molecular complexity index is 433. The lowest BCUT2D eigenvalue weighted by Crippen LogP contribution is -2.32. The third-order valence-corrected chi connectivity index (χ3v) is 3.51.